The first-order chi connectivity index (χ1) is 10.8. The topological polar surface area (TPSA) is 55.7 Å². The molecular weight excluding hydrogens is 278 g/mol. The highest BCUT2D eigenvalue weighted by Gasteiger charge is 2.27. The van der Waals surface area contributed by atoms with Crippen LogP contribution in [0.5, 0.6) is 0 Å². The van der Waals surface area contributed by atoms with Crippen molar-refractivity contribution >= 4 is 11.6 Å². The van der Waals surface area contributed by atoms with E-state index in [0.717, 1.165) is 57.7 Å². The molecule has 0 spiro atoms. The molecule has 1 amide bonds. The van der Waals surface area contributed by atoms with Gasteiger partial charge in [0.25, 0.3) is 5.91 Å². The quantitative estimate of drug-likeness (QED) is 0.821. The number of hydrogen-bond acceptors (Lipinski definition) is 3. The fourth-order valence-corrected chi connectivity index (χ4v) is 3.98. The van der Waals surface area contributed by atoms with Crippen LogP contribution in [0.2, 0.25) is 0 Å². The number of carbonyl (C=O) groups excluding carboxylic acids is 1. The van der Waals surface area contributed by atoms with Crippen LogP contribution in [0, 0.1) is 0 Å². The summed E-state index contributed by atoms with van der Waals surface area (Å²) in [5.74, 6) is 0.145. The second kappa shape index (κ2) is 5.97. The molecule has 4 rings (SSSR count). The highest BCUT2D eigenvalue weighted by atomic mass is 16.5. The Hall–Kier alpha value is -1.46. The van der Waals surface area contributed by atoms with Crippen LogP contribution < -0.4 is 10.2 Å². The van der Waals surface area contributed by atoms with E-state index in [0.29, 0.717) is 6.54 Å². The smallest absolute Gasteiger partial charge is 0.279 e. The van der Waals surface area contributed by atoms with Crippen molar-refractivity contribution in [3.05, 3.63) is 22.5 Å². The lowest BCUT2D eigenvalue weighted by atomic mass is 10.1. The second-order valence-corrected chi connectivity index (χ2v) is 6.63. The maximum absolute atomic E-state index is 12.5. The van der Waals surface area contributed by atoms with Crippen molar-refractivity contribution in [3.63, 3.8) is 0 Å². The first-order valence-corrected chi connectivity index (χ1v) is 8.56. The van der Waals surface area contributed by atoms with Gasteiger partial charge in [0, 0.05) is 11.4 Å². The number of anilines is 1. The number of aromatic nitrogens is 1. The lowest BCUT2D eigenvalue weighted by Gasteiger charge is -2.23. The summed E-state index contributed by atoms with van der Waals surface area (Å²) in [5.41, 5.74) is 6.20. The van der Waals surface area contributed by atoms with Gasteiger partial charge in [0.2, 0.25) is 0 Å². The molecule has 5 heteroatoms. The van der Waals surface area contributed by atoms with Gasteiger partial charge in [-0.2, -0.15) is 0 Å². The number of morpholine rings is 1. The Balaban J connectivity index is 1.53. The van der Waals surface area contributed by atoms with Crippen molar-refractivity contribution in [2.24, 2.45) is 0 Å². The third-order valence-corrected chi connectivity index (χ3v) is 5.13. The zero-order valence-corrected chi connectivity index (χ0v) is 13.0. The first-order valence-electron chi connectivity index (χ1n) is 8.56. The molecule has 0 atom stereocenters. The first kappa shape index (κ1) is 14.2. The zero-order chi connectivity index (χ0) is 14.9. The normalized spacial score (nSPS) is 20.7. The summed E-state index contributed by atoms with van der Waals surface area (Å²) in [6, 6.07) is 0. The summed E-state index contributed by atoms with van der Waals surface area (Å²) in [5, 5.41) is 3.25. The molecule has 3 aliphatic rings. The van der Waals surface area contributed by atoms with Crippen molar-refractivity contribution < 1.29 is 14.4 Å². The molecule has 1 fully saturated rings. The Bertz CT molecular complexity index is 562. The van der Waals surface area contributed by atoms with Crippen molar-refractivity contribution in [1.29, 1.82) is 0 Å². The maximum Gasteiger partial charge on any atom is 0.279 e. The van der Waals surface area contributed by atoms with Gasteiger partial charge in [-0.1, -0.05) is 0 Å². The molecule has 2 heterocycles. The molecule has 1 aromatic rings. The lowest BCUT2D eigenvalue weighted by molar-refractivity contribution is -0.899. The van der Waals surface area contributed by atoms with Crippen LogP contribution in [-0.4, -0.2) is 43.7 Å². The Labute approximate surface area is 131 Å². The molecule has 1 aliphatic heterocycles. The van der Waals surface area contributed by atoms with Crippen LogP contribution in [-0.2, 0) is 35.2 Å². The van der Waals surface area contributed by atoms with Gasteiger partial charge in [0.1, 0.15) is 13.1 Å². The van der Waals surface area contributed by atoms with Crippen molar-refractivity contribution in [3.8, 4) is 0 Å². The summed E-state index contributed by atoms with van der Waals surface area (Å²) in [6.07, 6.45) is 6.61. The van der Waals surface area contributed by atoms with E-state index in [-0.39, 0.29) is 5.91 Å². The molecule has 118 valence electrons. The molecule has 22 heavy (non-hydrogen) atoms. The molecule has 0 bridgehead atoms. The van der Waals surface area contributed by atoms with Crippen LogP contribution in [0.25, 0.3) is 0 Å². The van der Waals surface area contributed by atoms with Gasteiger partial charge in [-0.15, -0.1) is 0 Å². The SMILES string of the molecule is O=C(C[NH+]1CCOCC1)Nc1c2c(nc3c1CCC3)CCC2. The second-order valence-electron chi connectivity index (χ2n) is 6.63. The number of hydrogen-bond donors (Lipinski definition) is 2. The van der Waals surface area contributed by atoms with E-state index < -0.39 is 0 Å². The van der Waals surface area contributed by atoms with Gasteiger partial charge in [0.15, 0.2) is 6.54 Å². The summed E-state index contributed by atoms with van der Waals surface area (Å²) in [6.45, 7) is 3.94. The Morgan fingerprint density at radius 3 is 2.32 bits per heavy atom. The van der Waals surface area contributed by atoms with E-state index in [1.54, 1.807) is 0 Å². The predicted octanol–water partition coefficient (Wildman–Crippen LogP) is -0.0874. The van der Waals surface area contributed by atoms with E-state index in [2.05, 4.69) is 5.32 Å². The summed E-state index contributed by atoms with van der Waals surface area (Å²) in [4.78, 5) is 18.7. The Morgan fingerprint density at radius 2 is 1.68 bits per heavy atom. The van der Waals surface area contributed by atoms with Gasteiger partial charge in [0.05, 0.1) is 18.9 Å². The maximum atomic E-state index is 12.5. The van der Waals surface area contributed by atoms with Gasteiger partial charge in [-0.25, -0.2) is 0 Å². The van der Waals surface area contributed by atoms with Crippen LogP contribution in [0.4, 0.5) is 5.69 Å². The molecule has 5 nitrogen and oxygen atoms in total. The van der Waals surface area contributed by atoms with E-state index in [9.17, 15) is 4.79 Å². The number of quaternary nitrogens is 1. The number of carbonyl (C=O) groups is 1. The lowest BCUT2D eigenvalue weighted by Crippen LogP contribution is -3.15. The summed E-state index contributed by atoms with van der Waals surface area (Å²) < 4.78 is 5.36. The van der Waals surface area contributed by atoms with E-state index in [1.807, 2.05) is 0 Å². The van der Waals surface area contributed by atoms with Gasteiger partial charge in [-0.3, -0.25) is 9.78 Å². The number of nitrogens with one attached hydrogen (secondary N) is 2. The van der Waals surface area contributed by atoms with Crippen LogP contribution in [0.1, 0.15) is 35.4 Å². The Morgan fingerprint density at radius 1 is 1.05 bits per heavy atom. The summed E-state index contributed by atoms with van der Waals surface area (Å²) >= 11 is 0. The molecule has 0 saturated carbocycles. The largest absolute Gasteiger partial charge is 0.370 e. The number of nitrogens with zero attached hydrogens (tertiary/aromatic N) is 1. The van der Waals surface area contributed by atoms with Crippen molar-refractivity contribution in [1.82, 2.24) is 4.98 Å². The third kappa shape index (κ3) is 2.63. The fourth-order valence-electron chi connectivity index (χ4n) is 3.98. The minimum atomic E-state index is 0.145. The predicted molar refractivity (Wildman–Crippen MR) is 83.3 cm³/mol. The molecule has 0 aromatic carbocycles. The average molecular weight is 302 g/mol. The van der Waals surface area contributed by atoms with Crippen molar-refractivity contribution in [2.45, 2.75) is 38.5 Å². The van der Waals surface area contributed by atoms with Gasteiger partial charge in [-0.05, 0) is 49.7 Å². The molecular formula is C17H24N3O2+. The average Bonchev–Trinajstić information content (AvgIpc) is 3.16. The number of aryl methyl sites for hydroxylation is 2. The number of pyridine rings is 1. The number of ether oxygens (including phenoxy) is 1. The molecule has 1 aromatic heterocycles. The Kier molecular flexibility index (Phi) is 3.84. The van der Waals surface area contributed by atoms with Crippen LogP contribution in [0.15, 0.2) is 0 Å². The van der Waals surface area contributed by atoms with Crippen LogP contribution >= 0.6 is 0 Å². The molecule has 0 unspecified atom stereocenters. The fraction of sp³-hybridized carbons (Fsp3) is 0.647. The highest BCUT2D eigenvalue weighted by molar-refractivity contribution is 5.93. The van der Waals surface area contributed by atoms with Gasteiger partial charge < -0.3 is 15.0 Å². The molecule has 0 radical (unpaired) electrons. The number of rotatable bonds is 3. The van der Waals surface area contributed by atoms with Crippen molar-refractivity contribution in [2.75, 3.05) is 38.2 Å². The van der Waals surface area contributed by atoms with Crippen LogP contribution in [0.3, 0.4) is 0 Å². The standard InChI is InChI=1S/C17H23N3O2/c21-16(11-20-7-9-22-10-8-20)19-17-12-3-1-5-14(12)18-15-6-2-4-13(15)17/h1-11H2,(H,18,19,21)/p+1. The minimum absolute atomic E-state index is 0.145. The monoisotopic (exact) mass is 302 g/mol. The molecule has 1 saturated heterocycles. The van der Waals surface area contributed by atoms with E-state index in [1.165, 1.54) is 40.3 Å². The summed E-state index contributed by atoms with van der Waals surface area (Å²) in [7, 11) is 0. The van der Waals surface area contributed by atoms with Gasteiger partial charge >= 0.3 is 0 Å². The highest BCUT2D eigenvalue weighted by Crippen LogP contribution is 2.36. The number of fused-ring (bicyclic) bond motifs is 2. The third-order valence-electron chi connectivity index (χ3n) is 5.13. The molecule has 2 aliphatic carbocycles. The van der Waals surface area contributed by atoms with E-state index >= 15 is 0 Å². The number of amides is 1. The zero-order valence-electron chi connectivity index (χ0n) is 13.0. The minimum Gasteiger partial charge on any atom is -0.370 e. The van der Waals surface area contributed by atoms with E-state index in [4.69, 9.17) is 9.72 Å². The molecule has 2 N–H and O–H groups in total.